The van der Waals surface area contributed by atoms with E-state index >= 15 is 0 Å². The third-order valence-corrected chi connectivity index (χ3v) is 4.42. The number of benzene rings is 1. The molecular formula is C18H24N2O5. The van der Waals surface area contributed by atoms with Gasteiger partial charge >= 0.3 is 12.1 Å². The van der Waals surface area contributed by atoms with Gasteiger partial charge in [0.15, 0.2) is 0 Å². The van der Waals surface area contributed by atoms with Crippen molar-refractivity contribution in [3.63, 3.8) is 0 Å². The molecule has 1 saturated heterocycles. The summed E-state index contributed by atoms with van der Waals surface area (Å²) in [5, 5.41) is 12.4. The number of rotatable bonds is 6. The fourth-order valence-electron chi connectivity index (χ4n) is 2.89. The molecule has 2 atom stereocenters. The van der Waals surface area contributed by atoms with Gasteiger partial charge < -0.3 is 15.2 Å². The monoisotopic (exact) mass is 348 g/mol. The normalized spacial score (nSPS) is 22.5. The molecule has 1 heterocycles. The summed E-state index contributed by atoms with van der Waals surface area (Å²) in [5.41, 5.74) is -0.915. The van der Waals surface area contributed by atoms with Crippen molar-refractivity contribution in [3.05, 3.63) is 35.9 Å². The molecule has 0 bridgehead atoms. The molecule has 7 heteroatoms. The highest BCUT2D eigenvalue weighted by Gasteiger charge is 2.51. The Morgan fingerprint density at radius 1 is 1.32 bits per heavy atom. The molecule has 2 N–H and O–H groups in total. The molecule has 2 unspecified atom stereocenters. The third-order valence-electron chi connectivity index (χ3n) is 4.42. The van der Waals surface area contributed by atoms with Crippen LogP contribution in [0.15, 0.2) is 30.3 Å². The molecule has 1 aromatic rings. The van der Waals surface area contributed by atoms with E-state index in [4.69, 9.17) is 4.74 Å². The maximum Gasteiger partial charge on any atom is 0.410 e. The number of amides is 2. The van der Waals surface area contributed by atoms with Crippen LogP contribution in [0.25, 0.3) is 0 Å². The van der Waals surface area contributed by atoms with Gasteiger partial charge in [0.2, 0.25) is 0 Å². The van der Waals surface area contributed by atoms with E-state index in [1.54, 1.807) is 24.3 Å². The largest absolute Gasteiger partial charge is 0.480 e. The molecule has 1 fully saturated rings. The summed E-state index contributed by atoms with van der Waals surface area (Å²) >= 11 is 0. The van der Waals surface area contributed by atoms with Gasteiger partial charge in [-0.15, -0.1) is 0 Å². The molecule has 0 spiro atoms. The summed E-state index contributed by atoms with van der Waals surface area (Å²) in [6.45, 7) is 3.81. The SMILES string of the molecule is CCCCOC(=O)N1CC(NC(=O)c2ccccc2)CC1(C)C(=O)O. The predicted octanol–water partition coefficient (Wildman–Crippen LogP) is 2.27. The van der Waals surface area contributed by atoms with Crippen molar-refractivity contribution in [2.45, 2.75) is 44.7 Å². The molecule has 0 radical (unpaired) electrons. The second-order valence-corrected chi connectivity index (χ2v) is 6.40. The van der Waals surface area contributed by atoms with Gasteiger partial charge in [-0.05, 0) is 25.5 Å². The van der Waals surface area contributed by atoms with Crippen molar-refractivity contribution in [1.82, 2.24) is 10.2 Å². The van der Waals surface area contributed by atoms with E-state index in [9.17, 15) is 19.5 Å². The minimum atomic E-state index is -1.40. The molecule has 0 aromatic heterocycles. The van der Waals surface area contributed by atoms with Gasteiger partial charge in [0.25, 0.3) is 5.91 Å². The van der Waals surface area contributed by atoms with Gasteiger partial charge in [0.05, 0.1) is 6.61 Å². The van der Waals surface area contributed by atoms with E-state index in [2.05, 4.69) is 5.32 Å². The van der Waals surface area contributed by atoms with Gasteiger partial charge in [-0.2, -0.15) is 0 Å². The molecule has 0 aliphatic carbocycles. The highest BCUT2D eigenvalue weighted by atomic mass is 16.6. The number of ether oxygens (including phenoxy) is 1. The van der Waals surface area contributed by atoms with E-state index in [-0.39, 0.29) is 25.5 Å². The third kappa shape index (κ3) is 4.29. The number of carboxylic acids is 1. The molecule has 0 saturated carbocycles. The first-order valence-electron chi connectivity index (χ1n) is 8.42. The molecule has 136 valence electrons. The van der Waals surface area contributed by atoms with Crippen LogP contribution in [-0.4, -0.2) is 52.7 Å². The molecule has 2 rings (SSSR count). The first kappa shape index (κ1) is 18.8. The van der Waals surface area contributed by atoms with E-state index in [1.165, 1.54) is 11.8 Å². The fourth-order valence-corrected chi connectivity index (χ4v) is 2.89. The van der Waals surface area contributed by atoms with Gasteiger partial charge in [-0.25, -0.2) is 9.59 Å². The second kappa shape index (κ2) is 8.00. The minimum Gasteiger partial charge on any atom is -0.480 e. The van der Waals surface area contributed by atoms with Crippen LogP contribution in [0, 0.1) is 0 Å². The van der Waals surface area contributed by atoms with Crippen LogP contribution >= 0.6 is 0 Å². The number of carbonyl (C=O) groups excluding carboxylic acids is 2. The van der Waals surface area contributed by atoms with E-state index in [1.807, 2.05) is 13.0 Å². The minimum absolute atomic E-state index is 0.104. The number of carboxylic acid groups (broad SMARTS) is 1. The van der Waals surface area contributed by atoms with Crippen LogP contribution in [0.3, 0.4) is 0 Å². The van der Waals surface area contributed by atoms with Crippen molar-refractivity contribution in [2.75, 3.05) is 13.2 Å². The zero-order valence-electron chi connectivity index (χ0n) is 14.5. The van der Waals surface area contributed by atoms with Gasteiger partial charge in [0, 0.05) is 24.6 Å². The Kier molecular flexibility index (Phi) is 6.01. The summed E-state index contributed by atoms with van der Waals surface area (Å²) in [4.78, 5) is 37.4. The lowest BCUT2D eigenvalue weighted by Gasteiger charge is -2.29. The molecule has 1 aliphatic rings. The topological polar surface area (TPSA) is 95.9 Å². The molecule has 2 amide bonds. The first-order chi connectivity index (χ1) is 11.9. The lowest BCUT2D eigenvalue weighted by atomic mass is 9.97. The van der Waals surface area contributed by atoms with Crippen molar-refractivity contribution in [3.8, 4) is 0 Å². The van der Waals surface area contributed by atoms with Gasteiger partial charge in [0.1, 0.15) is 5.54 Å². The summed E-state index contributed by atoms with van der Waals surface area (Å²) in [7, 11) is 0. The standard InChI is InChI=1S/C18H24N2O5/c1-3-4-10-25-17(24)20-12-14(11-18(20,2)16(22)23)19-15(21)13-8-6-5-7-9-13/h5-9,14H,3-4,10-12H2,1-2H3,(H,19,21)(H,22,23). The number of likely N-dealkylation sites (tertiary alicyclic amines) is 1. The summed E-state index contributed by atoms with van der Waals surface area (Å²) < 4.78 is 5.16. The first-order valence-corrected chi connectivity index (χ1v) is 8.42. The van der Waals surface area contributed by atoms with E-state index < -0.39 is 23.6 Å². The number of unbranched alkanes of at least 4 members (excludes halogenated alkanes) is 1. The Morgan fingerprint density at radius 3 is 2.60 bits per heavy atom. The van der Waals surface area contributed by atoms with Crippen LogP contribution in [0.2, 0.25) is 0 Å². The Morgan fingerprint density at radius 2 is 2.00 bits per heavy atom. The average molecular weight is 348 g/mol. The molecular weight excluding hydrogens is 324 g/mol. The quantitative estimate of drug-likeness (QED) is 0.769. The maximum absolute atomic E-state index is 12.3. The van der Waals surface area contributed by atoms with Crippen molar-refractivity contribution >= 4 is 18.0 Å². The van der Waals surface area contributed by atoms with Crippen LogP contribution < -0.4 is 5.32 Å². The lowest BCUT2D eigenvalue weighted by Crippen LogP contribution is -2.51. The number of nitrogens with zero attached hydrogens (tertiary/aromatic N) is 1. The van der Waals surface area contributed by atoms with E-state index in [0.717, 1.165) is 12.8 Å². The number of nitrogens with one attached hydrogen (secondary N) is 1. The number of aliphatic carboxylic acids is 1. The van der Waals surface area contributed by atoms with Crippen molar-refractivity contribution in [1.29, 1.82) is 0 Å². The highest BCUT2D eigenvalue weighted by Crippen LogP contribution is 2.30. The second-order valence-electron chi connectivity index (χ2n) is 6.40. The van der Waals surface area contributed by atoms with Crippen molar-refractivity contribution < 1.29 is 24.2 Å². The van der Waals surface area contributed by atoms with Gasteiger partial charge in [-0.1, -0.05) is 31.5 Å². The average Bonchev–Trinajstić information content (AvgIpc) is 2.93. The fraction of sp³-hybridized carbons (Fsp3) is 0.500. The van der Waals surface area contributed by atoms with Crippen LogP contribution in [-0.2, 0) is 9.53 Å². The number of carbonyl (C=O) groups is 3. The zero-order chi connectivity index (χ0) is 18.4. The number of hydrogen-bond acceptors (Lipinski definition) is 4. The van der Waals surface area contributed by atoms with E-state index in [0.29, 0.717) is 5.56 Å². The predicted molar refractivity (Wildman–Crippen MR) is 91.3 cm³/mol. The zero-order valence-corrected chi connectivity index (χ0v) is 14.5. The Hall–Kier alpha value is -2.57. The molecule has 1 aliphatic heterocycles. The van der Waals surface area contributed by atoms with Crippen LogP contribution in [0.5, 0.6) is 0 Å². The Bertz CT molecular complexity index is 634. The summed E-state index contributed by atoms with van der Waals surface area (Å²) in [6, 6.07) is 8.22. The Labute approximate surface area is 147 Å². The lowest BCUT2D eigenvalue weighted by molar-refractivity contribution is -0.147. The maximum atomic E-state index is 12.3. The Balaban J connectivity index is 2.06. The van der Waals surface area contributed by atoms with Gasteiger partial charge in [-0.3, -0.25) is 9.69 Å². The highest BCUT2D eigenvalue weighted by molar-refractivity contribution is 5.94. The number of hydrogen-bond donors (Lipinski definition) is 2. The summed E-state index contributed by atoms with van der Waals surface area (Å²) in [6.07, 6.45) is 1.07. The molecule has 7 nitrogen and oxygen atoms in total. The van der Waals surface area contributed by atoms with Crippen LogP contribution in [0.4, 0.5) is 4.79 Å². The molecule has 1 aromatic carbocycles. The smallest absolute Gasteiger partial charge is 0.410 e. The van der Waals surface area contributed by atoms with Crippen molar-refractivity contribution in [2.24, 2.45) is 0 Å². The van der Waals surface area contributed by atoms with Crippen LogP contribution in [0.1, 0.15) is 43.5 Å². The summed E-state index contributed by atoms with van der Waals surface area (Å²) in [5.74, 6) is -1.41. The molecule has 25 heavy (non-hydrogen) atoms.